The van der Waals surface area contributed by atoms with E-state index < -0.39 is 0 Å². The summed E-state index contributed by atoms with van der Waals surface area (Å²) in [6.07, 6.45) is 5.66. The van der Waals surface area contributed by atoms with Gasteiger partial charge in [0.05, 0.1) is 6.10 Å². The van der Waals surface area contributed by atoms with Gasteiger partial charge in [-0.25, -0.2) is 0 Å². The van der Waals surface area contributed by atoms with E-state index in [0.29, 0.717) is 24.2 Å². The van der Waals surface area contributed by atoms with Crippen LogP contribution in [-0.2, 0) is 14.3 Å². The standard InChI is InChI=1S/C19H32O3/c1-6-21-16-11-19-15(22-16)8-7-13(3)18(19,5)10-9-12(2)17(19)14(4)20/h12-13,15-17H,6-11H2,1-5H3/t12-,13-,15+,16-,17+,18+,19+/m1/s1. The second-order valence-corrected chi connectivity index (χ2v) is 8.25. The maximum Gasteiger partial charge on any atom is 0.158 e. The first-order valence-electron chi connectivity index (χ1n) is 9.14. The highest BCUT2D eigenvalue weighted by Gasteiger charge is 2.68. The SMILES string of the molecule is CCO[C@H]1C[C@@]23[C@H](CC[C@@H](C)[C@]2(C)CC[C@@H](C)[C@H]3C(C)=O)O1. The molecule has 2 saturated carbocycles. The zero-order chi connectivity index (χ0) is 16.1. The number of ketones is 1. The van der Waals surface area contributed by atoms with E-state index in [0.717, 1.165) is 12.8 Å². The molecule has 3 fully saturated rings. The molecule has 0 unspecified atom stereocenters. The van der Waals surface area contributed by atoms with Gasteiger partial charge in [-0.2, -0.15) is 0 Å². The molecule has 0 aromatic rings. The Balaban J connectivity index is 2.08. The molecule has 0 amide bonds. The molecule has 3 nitrogen and oxygen atoms in total. The van der Waals surface area contributed by atoms with E-state index in [2.05, 4.69) is 20.8 Å². The fraction of sp³-hybridized carbons (Fsp3) is 0.947. The van der Waals surface area contributed by atoms with E-state index in [1.54, 1.807) is 6.92 Å². The predicted octanol–water partition coefficient (Wildman–Crippen LogP) is 4.20. The third-order valence-electron chi connectivity index (χ3n) is 7.44. The first-order valence-corrected chi connectivity index (χ1v) is 9.14. The molecule has 1 aliphatic heterocycles. The molecule has 1 saturated heterocycles. The van der Waals surface area contributed by atoms with Gasteiger partial charge in [0.15, 0.2) is 6.29 Å². The Morgan fingerprint density at radius 3 is 2.64 bits per heavy atom. The fourth-order valence-corrected chi connectivity index (χ4v) is 6.28. The Morgan fingerprint density at radius 2 is 2.00 bits per heavy atom. The summed E-state index contributed by atoms with van der Waals surface area (Å²) in [5, 5.41) is 0. The van der Waals surface area contributed by atoms with Crippen LogP contribution >= 0.6 is 0 Å². The van der Waals surface area contributed by atoms with Gasteiger partial charge in [0, 0.05) is 24.4 Å². The molecule has 126 valence electrons. The number of Topliss-reactive ketones (excluding diaryl/α,β-unsaturated/α-hetero) is 1. The van der Waals surface area contributed by atoms with Gasteiger partial charge in [-0.3, -0.25) is 4.79 Å². The second-order valence-electron chi connectivity index (χ2n) is 8.25. The first-order chi connectivity index (χ1) is 10.4. The Hall–Kier alpha value is -0.410. The van der Waals surface area contributed by atoms with Crippen LogP contribution in [0.4, 0.5) is 0 Å². The molecule has 3 heteroatoms. The minimum Gasteiger partial charge on any atom is -0.353 e. The van der Waals surface area contributed by atoms with Gasteiger partial charge in [-0.05, 0) is 56.8 Å². The van der Waals surface area contributed by atoms with Gasteiger partial charge < -0.3 is 9.47 Å². The number of carbonyl (C=O) groups excluding carboxylic acids is 1. The van der Waals surface area contributed by atoms with Crippen molar-refractivity contribution in [2.75, 3.05) is 6.61 Å². The van der Waals surface area contributed by atoms with Crippen LogP contribution in [0.15, 0.2) is 0 Å². The van der Waals surface area contributed by atoms with Crippen molar-refractivity contribution in [1.82, 2.24) is 0 Å². The third kappa shape index (κ3) is 2.04. The van der Waals surface area contributed by atoms with E-state index in [-0.39, 0.29) is 29.1 Å². The van der Waals surface area contributed by atoms with Gasteiger partial charge in [0.2, 0.25) is 0 Å². The van der Waals surface area contributed by atoms with Crippen molar-refractivity contribution in [1.29, 1.82) is 0 Å². The summed E-state index contributed by atoms with van der Waals surface area (Å²) in [6, 6.07) is 0. The number of ether oxygens (including phenoxy) is 2. The molecule has 7 atom stereocenters. The van der Waals surface area contributed by atoms with Crippen LogP contribution in [0.2, 0.25) is 0 Å². The lowest BCUT2D eigenvalue weighted by Crippen LogP contribution is -2.62. The molecular weight excluding hydrogens is 276 g/mol. The van der Waals surface area contributed by atoms with Crippen LogP contribution in [0.3, 0.4) is 0 Å². The van der Waals surface area contributed by atoms with Crippen molar-refractivity contribution in [2.45, 2.75) is 79.1 Å². The molecule has 1 spiro atoms. The molecular formula is C19H32O3. The monoisotopic (exact) mass is 308 g/mol. The summed E-state index contributed by atoms with van der Waals surface area (Å²) in [5.41, 5.74) is 0.179. The highest BCUT2D eigenvalue weighted by Crippen LogP contribution is 2.69. The van der Waals surface area contributed by atoms with Gasteiger partial charge in [0.1, 0.15) is 5.78 Å². The summed E-state index contributed by atoms with van der Waals surface area (Å²) in [7, 11) is 0. The average Bonchev–Trinajstić information content (AvgIpc) is 2.80. The first kappa shape index (κ1) is 16.4. The minimum absolute atomic E-state index is 0.0198. The maximum atomic E-state index is 12.6. The molecule has 3 aliphatic rings. The van der Waals surface area contributed by atoms with Gasteiger partial charge in [-0.15, -0.1) is 0 Å². The van der Waals surface area contributed by atoms with Crippen LogP contribution in [0.25, 0.3) is 0 Å². The number of hydrogen-bond acceptors (Lipinski definition) is 3. The molecule has 0 aromatic heterocycles. The van der Waals surface area contributed by atoms with Crippen LogP contribution in [0.5, 0.6) is 0 Å². The zero-order valence-electron chi connectivity index (χ0n) is 14.9. The van der Waals surface area contributed by atoms with E-state index in [9.17, 15) is 4.79 Å². The Kier molecular flexibility index (Phi) is 4.18. The van der Waals surface area contributed by atoms with Gasteiger partial charge in [-0.1, -0.05) is 20.8 Å². The van der Waals surface area contributed by atoms with E-state index in [4.69, 9.17) is 9.47 Å². The Labute approximate surface area is 135 Å². The molecule has 3 rings (SSSR count). The van der Waals surface area contributed by atoms with Crippen LogP contribution < -0.4 is 0 Å². The van der Waals surface area contributed by atoms with Gasteiger partial charge in [0.25, 0.3) is 0 Å². The zero-order valence-corrected chi connectivity index (χ0v) is 14.9. The molecule has 0 N–H and O–H groups in total. The predicted molar refractivity (Wildman–Crippen MR) is 86.4 cm³/mol. The van der Waals surface area contributed by atoms with Gasteiger partial charge >= 0.3 is 0 Å². The summed E-state index contributed by atoms with van der Waals surface area (Å²) < 4.78 is 12.2. The smallest absolute Gasteiger partial charge is 0.158 e. The van der Waals surface area contributed by atoms with Crippen LogP contribution in [0, 0.1) is 28.6 Å². The summed E-state index contributed by atoms with van der Waals surface area (Å²) in [5.74, 6) is 1.60. The molecule has 0 radical (unpaired) electrons. The minimum atomic E-state index is -0.119. The van der Waals surface area contributed by atoms with Crippen molar-refractivity contribution in [3.05, 3.63) is 0 Å². The summed E-state index contributed by atoms with van der Waals surface area (Å²) >= 11 is 0. The van der Waals surface area contributed by atoms with Crippen LogP contribution in [-0.4, -0.2) is 24.8 Å². The molecule has 2 aliphatic carbocycles. The summed E-state index contributed by atoms with van der Waals surface area (Å²) in [6.45, 7) is 11.6. The molecule has 0 aromatic carbocycles. The number of carbonyl (C=O) groups is 1. The molecule has 22 heavy (non-hydrogen) atoms. The number of hydrogen-bond donors (Lipinski definition) is 0. The lowest BCUT2D eigenvalue weighted by atomic mass is 9.40. The fourth-order valence-electron chi connectivity index (χ4n) is 6.28. The molecule has 1 heterocycles. The van der Waals surface area contributed by atoms with Crippen molar-refractivity contribution < 1.29 is 14.3 Å². The molecule has 0 bridgehead atoms. The van der Waals surface area contributed by atoms with E-state index >= 15 is 0 Å². The van der Waals surface area contributed by atoms with E-state index in [1.165, 1.54) is 19.3 Å². The van der Waals surface area contributed by atoms with Crippen LogP contribution in [0.1, 0.15) is 66.7 Å². The topological polar surface area (TPSA) is 35.5 Å². The quantitative estimate of drug-likeness (QED) is 0.784. The summed E-state index contributed by atoms with van der Waals surface area (Å²) in [4.78, 5) is 12.6. The van der Waals surface area contributed by atoms with Crippen molar-refractivity contribution in [3.63, 3.8) is 0 Å². The van der Waals surface area contributed by atoms with Crippen molar-refractivity contribution >= 4 is 5.78 Å². The lowest BCUT2D eigenvalue weighted by molar-refractivity contribution is -0.189. The largest absolute Gasteiger partial charge is 0.353 e. The van der Waals surface area contributed by atoms with E-state index in [1.807, 2.05) is 6.92 Å². The maximum absolute atomic E-state index is 12.6. The Bertz CT molecular complexity index is 448. The highest BCUT2D eigenvalue weighted by molar-refractivity contribution is 5.80. The number of rotatable bonds is 3. The highest BCUT2D eigenvalue weighted by atomic mass is 16.7. The lowest BCUT2D eigenvalue weighted by Gasteiger charge is -2.63. The Morgan fingerprint density at radius 1 is 1.27 bits per heavy atom. The average molecular weight is 308 g/mol. The third-order valence-corrected chi connectivity index (χ3v) is 7.44. The second kappa shape index (κ2) is 5.59. The van der Waals surface area contributed by atoms with Crippen molar-refractivity contribution in [2.24, 2.45) is 28.6 Å². The van der Waals surface area contributed by atoms with Crippen molar-refractivity contribution in [3.8, 4) is 0 Å². The normalized spacial score (nSPS) is 51.2.